The second-order valence-corrected chi connectivity index (χ2v) is 3.86. The second kappa shape index (κ2) is 5.74. The number of aryl methyl sites for hydroxylation is 1. The predicted octanol–water partition coefficient (Wildman–Crippen LogP) is 0.456. The SMILES string of the molecule is Cn1nnnc1-c1ccc(NC(=O)/C=C/C(=O)O)cc1. The summed E-state index contributed by atoms with van der Waals surface area (Å²) < 4.78 is 1.53. The molecule has 0 spiro atoms. The Balaban J connectivity index is 2.07. The van der Waals surface area contributed by atoms with Crippen molar-refractivity contribution in [2.24, 2.45) is 7.05 Å². The summed E-state index contributed by atoms with van der Waals surface area (Å²) in [6, 6.07) is 6.86. The Morgan fingerprint density at radius 2 is 1.95 bits per heavy atom. The van der Waals surface area contributed by atoms with Crippen molar-refractivity contribution < 1.29 is 14.7 Å². The van der Waals surface area contributed by atoms with Gasteiger partial charge in [-0.25, -0.2) is 9.48 Å². The molecule has 0 aliphatic rings. The van der Waals surface area contributed by atoms with E-state index in [-0.39, 0.29) is 0 Å². The van der Waals surface area contributed by atoms with Gasteiger partial charge in [0.15, 0.2) is 5.82 Å². The van der Waals surface area contributed by atoms with Gasteiger partial charge in [-0.2, -0.15) is 0 Å². The maximum absolute atomic E-state index is 11.4. The molecule has 0 bridgehead atoms. The zero-order valence-electron chi connectivity index (χ0n) is 10.5. The highest BCUT2D eigenvalue weighted by Crippen LogP contribution is 2.17. The van der Waals surface area contributed by atoms with Crippen molar-refractivity contribution in [3.05, 3.63) is 36.4 Å². The van der Waals surface area contributed by atoms with Crippen molar-refractivity contribution in [2.75, 3.05) is 5.32 Å². The first-order valence-electron chi connectivity index (χ1n) is 5.61. The minimum atomic E-state index is -1.18. The minimum absolute atomic E-state index is 0.513. The normalized spacial score (nSPS) is 10.7. The van der Waals surface area contributed by atoms with Gasteiger partial charge < -0.3 is 10.4 Å². The Morgan fingerprint density at radius 1 is 1.25 bits per heavy atom. The van der Waals surface area contributed by atoms with Crippen LogP contribution in [0.5, 0.6) is 0 Å². The number of rotatable bonds is 4. The Hall–Kier alpha value is -3.03. The van der Waals surface area contributed by atoms with Gasteiger partial charge in [0.05, 0.1) is 0 Å². The largest absolute Gasteiger partial charge is 0.478 e. The molecule has 2 N–H and O–H groups in total. The fourth-order valence-corrected chi connectivity index (χ4v) is 1.51. The Morgan fingerprint density at radius 3 is 2.50 bits per heavy atom. The van der Waals surface area contributed by atoms with E-state index in [1.54, 1.807) is 31.3 Å². The third-order valence-corrected chi connectivity index (χ3v) is 2.41. The van der Waals surface area contributed by atoms with Gasteiger partial charge in [0.2, 0.25) is 5.91 Å². The number of aliphatic carboxylic acids is 1. The molecule has 2 rings (SSSR count). The molecule has 2 aromatic rings. The monoisotopic (exact) mass is 273 g/mol. The highest BCUT2D eigenvalue weighted by Gasteiger charge is 2.06. The number of amides is 1. The Bertz CT molecular complexity index is 660. The average molecular weight is 273 g/mol. The van der Waals surface area contributed by atoms with Crippen LogP contribution in [0.15, 0.2) is 36.4 Å². The number of anilines is 1. The number of hydrogen-bond acceptors (Lipinski definition) is 5. The number of nitrogens with one attached hydrogen (secondary N) is 1. The lowest BCUT2D eigenvalue weighted by Crippen LogP contribution is -2.08. The first kappa shape index (κ1) is 13.4. The van der Waals surface area contributed by atoms with Gasteiger partial charge in [-0.1, -0.05) is 0 Å². The predicted molar refractivity (Wildman–Crippen MR) is 69.6 cm³/mol. The van der Waals surface area contributed by atoms with Crippen LogP contribution < -0.4 is 5.32 Å². The number of tetrazole rings is 1. The number of aromatic nitrogens is 4. The molecule has 1 aromatic carbocycles. The van der Waals surface area contributed by atoms with E-state index in [1.807, 2.05) is 0 Å². The average Bonchev–Trinajstić information content (AvgIpc) is 2.84. The summed E-state index contributed by atoms with van der Waals surface area (Å²) in [7, 11) is 1.72. The van der Waals surface area contributed by atoms with E-state index in [2.05, 4.69) is 20.8 Å². The van der Waals surface area contributed by atoms with Crippen LogP contribution in [-0.4, -0.2) is 37.2 Å². The number of nitrogens with zero attached hydrogens (tertiary/aromatic N) is 4. The molecule has 0 atom stereocenters. The number of benzene rings is 1. The molecule has 1 aromatic heterocycles. The molecular formula is C12H11N5O3. The van der Waals surface area contributed by atoms with E-state index in [9.17, 15) is 9.59 Å². The molecular weight excluding hydrogens is 262 g/mol. The van der Waals surface area contributed by atoms with Crippen molar-refractivity contribution in [2.45, 2.75) is 0 Å². The Kier molecular flexibility index (Phi) is 3.85. The maximum atomic E-state index is 11.4. The Labute approximate surface area is 113 Å². The van der Waals surface area contributed by atoms with E-state index < -0.39 is 11.9 Å². The van der Waals surface area contributed by atoms with E-state index in [0.717, 1.165) is 17.7 Å². The van der Waals surface area contributed by atoms with Crippen LogP contribution in [0.4, 0.5) is 5.69 Å². The van der Waals surface area contributed by atoms with Gasteiger partial charge in [-0.15, -0.1) is 5.10 Å². The standard InChI is InChI=1S/C12H11N5O3/c1-17-12(14-15-16-17)8-2-4-9(5-3-8)13-10(18)6-7-11(19)20/h2-7H,1H3,(H,13,18)(H,19,20)/b7-6+. The lowest BCUT2D eigenvalue weighted by molar-refractivity contribution is -0.131. The van der Waals surface area contributed by atoms with Crippen LogP contribution in [-0.2, 0) is 16.6 Å². The zero-order valence-corrected chi connectivity index (χ0v) is 10.5. The summed E-state index contributed by atoms with van der Waals surface area (Å²) in [5, 5.41) is 22.1. The highest BCUT2D eigenvalue weighted by atomic mass is 16.4. The quantitative estimate of drug-likeness (QED) is 0.783. The van der Waals surface area contributed by atoms with Crippen LogP contribution in [0.1, 0.15) is 0 Å². The smallest absolute Gasteiger partial charge is 0.328 e. The van der Waals surface area contributed by atoms with Gasteiger partial charge in [-0.05, 0) is 34.7 Å². The van der Waals surface area contributed by atoms with Gasteiger partial charge in [0, 0.05) is 30.5 Å². The molecule has 8 heteroatoms. The second-order valence-electron chi connectivity index (χ2n) is 3.86. The number of hydrogen-bond donors (Lipinski definition) is 2. The van der Waals surface area contributed by atoms with Crippen LogP contribution in [0.2, 0.25) is 0 Å². The minimum Gasteiger partial charge on any atom is -0.478 e. The van der Waals surface area contributed by atoms with E-state index in [1.165, 1.54) is 4.68 Å². The fourth-order valence-electron chi connectivity index (χ4n) is 1.51. The molecule has 102 valence electrons. The molecule has 20 heavy (non-hydrogen) atoms. The molecule has 0 fully saturated rings. The van der Waals surface area contributed by atoms with Crippen molar-refractivity contribution in [3.8, 4) is 11.4 Å². The van der Waals surface area contributed by atoms with Crippen LogP contribution in [0, 0.1) is 0 Å². The molecule has 1 amide bonds. The summed E-state index contributed by atoms with van der Waals surface area (Å²) in [4.78, 5) is 21.7. The molecule has 8 nitrogen and oxygen atoms in total. The van der Waals surface area contributed by atoms with Gasteiger partial charge in [0.1, 0.15) is 0 Å². The molecule has 1 heterocycles. The molecule has 0 saturated carbocycles. The molecule has 0 radical (unpaired) electrons. The summed E-state index contributed by atoms with van der Waals surface area (Å²) in [6.07, 6.45) is 1.72. The molecule has 0 aliphatic heterocycles. The zero-order chi connectivity index (χ0) is 14.5. The lowest BCUT2D eigenvalue weighted by atomic mass is 10.2. The van der Waals surface area contributed by atoms with Gasteiger partial charge >= 0.3 is 5.97 Å². The number of carboxylic acids is 1. The first-order valence-corrected chi connectivity index (χ1v) is 5.61. The highest BCUT2D eigenvalue weighted by molar-refractivity contribution is 6.02. The fraction of sp³-hybridized carbons (Fsp3) is 0.0833. The van der Waals surface area contributed by atoms with Crippen molar-refractivity contribution in [3.63, 3.8) is 0 Å². The summed E-state index contributed by atoms with van der Waals surface area (Å²) in [5.74, 6) is -1.08. The maximum Gasteiger partial charge on any atom is 0.328 e. The van der Waals surface area contributed by atoms with Crippen LogP contribution >= 0.6 is 0 Å². The van der Waals surface area contributed by atoms with E-state index in [0.29, 0.717) is 11.5 Å². The number of carboxylic acid groups (broad SMARTS) is 1. The summed E-state index contributed by atoms with van der Waals surface area (Å²) in [5.41, 5.74) is 1.35. The van der Waals surface area contributed by atoms with Crippen LogP contribution in [0.3, 0.4) is 0 Å². The molecule has 0 aliphatic carbocycles. The van der Waals surface area contributed by atoms with E-state index >= 15 is 0 Å². The van der Waals surface area contributed by atoms with Crippen molar-refractivity contribution in [1.82, 2.24) is 20.2 Å². The molecule has 0 unspecified atom stereocenters. The third-order valence-electron chi connectivity index (χ3n) is 2.41. The van der Waals surface area contributed by atoms with Crippen molar-refractivity contribution >= 4 is 17.6 Å². The van der Waals surface area contributed by atoms with Crippen LogP contribution in [0.25, 0.3) is 11.4 Å². The van der Waals surface area contributed by atoms with E-state index in [4.69, 9.17) is 5.11 Å². The third kappa shape index (κ3) is 3.25. The van der Waals surface area contributed by atoms with Crippen molar-refractivity contribution in [1.29, 1.82) is 0 Å². The topological polar surface area (TPSA) is 110 Å². The number of carbonyl (C=O) groups excluding carboxylic acids is 1. The lowest BCUT2D eigenvalue weighted by Gasteiger charge is -2.03. The van der Waals surface area contributed by atoms with Gasteiger partial charge in [-0.3, -0.25) is 4.79 Å². The summed E-state index contributed by atoms with van der Waals surface area (Å²) >= 11 is 0. The molecule has 0 saturated heterocycles. The summed E-state index contributed by atoms with van der Waals surface area (Å²) in [6.45, 7) is 0. The number of carbonyl (C=O) groups is 2. The first-order chi connectivity index (χ1) is 9.56. The van der Waals surface area contributed by atoms with Gasteiger partial charge in [0.25, 0.3) is 0 Å².